The standard InChI is InChI=1S/C9H10BrN3/c1-2-8-12-9(11)6-4-3-5-7(10)13(6)8/h3-5H,2,11H2,1H3. The average molecular weight is 240 g/mol. The monoisotopic (exact) mass is 239 g/mol. The first kappa shape index (κ1) is 8.56. The Morgan fingerprint density at radius 3 is 3.00 bits per heavy atom. The zero-order chi connectivity index (χ0) is 9.42. The van der Waals surface area contributed by atoms with Gasteiger partial charge in [-0.15, -0.1) is 0 Å². The van der Waals surface area contributed by atoms with Crippen LogP contribution in [0, 0.1) is 0 Å². The number of nitrogens with zero attached hydrogens (tertiary/aromatic N) is 2. The molecule has 2 N–H and O–H groups in total. The highest BCUT2D eigenvalue weighted by molar-refractivity contribution is 9.10. The van der Waals surface area contributed by atoms with Crippen molar-refractivity contribution in [3.63, 3.8) is 0 Å². The number of hydrogen-bond donors (Lipinski definition) is 1. The molecule has 0 spiro atoms. The molecule has 0 bridgehead atoms. The van der Waals surface area contributed by atoms with Crippen LogP contribution < -0.4 is 5.73 Å². The van der Waals surface area contributed by atoms with E-state index in [4.69, 9.17) is 5.73 Å². The van der Waals surface area contributed by atoms with E-state index in [9.17, 15) is 0 Å². The second kappa shape index (κ2) is 3.03. The fourth-order valence-electron chi connectivity index (χ4n) is 1.43. The smallest absolute Gasteiger partial charge is 0.149 e. The Kier molecular flexibility index (Phi) is 2.00. The van der Waals surface area contributed by atoms with Crippen LogP contribution >= 0.6 is 15.9 Å². The van der Waals surface area contributed by atoms with Crippen LogP contribution in [-0.2, 0) is 6.42 Å². The lowest BCUT2D eigenvalue weighted by Gasteiger charge is -2.00. The Morgan fingerprint density at radius 1 is 1.54 bits per heavy atom. The molecule has 0 atom stereocenters. The fraction of sp³-hybridized carbons (Fsp3) is 0.222. The third-order valence-electron chi connectivity index (χ3n) is 2.03. The van der Waals surface area contributed by atoms with E-state index in [1.807, 2.05) is 22.6 Å². The van der Waals surface area contributed by atoms with Crippen LogP contribution in [0.2, 0.25) is 0 Å². The number of halogens is 1. The molecule has 0 aromatic carbocycles. The summed E-state index contributed by atoms with van der Waals surface area (Å²) in [6.45, 7) is 2.06. The van der Waals surface area contributed by atoms with Crippen molar-refractivity contribution in [3.05, 3.63) is 28.6 Å². The van der Waals surface area contributed by atoms with Gasteiger partial charge in [-0.05, 0) is 28.1 Å². The minimum atomic E-state index is 0.596. The van der Waals surface area contributed by atoms with Crippen molar-refractivity contribution in [2.75, 3.05) is 5.73 Å². The maximum absolute atomic E-state index is 5.77. The number of nitrogens with two attached hydrogens (primary N) is 1. The van der Waals surface area contributed by atoms with Gasteiger partial charge in [0.1, 0.15) is 11.6 Å². The number of rotatable bonds is 1. The Bertz CT molecular complexity index is 447. The molecule has 0 aliphatic heterocycles. The van der Waals surface area contributed by atoms with E-state index in [-0.39, 0.29) is 0 Å². The van der Waals surface area contributed by atoms with E-state index < -0.39 is 0 Å². The number of fused-ring (bicyclic) bond motifs is 1. The first-order valence-electron chi connectivity index (χ1n) is 4.15. The van der Waals surface area contributed by atoms with Gasteiger partial charge in [-0.1, -0.05) is 13.0 Å². The molecule has 3 nitrogen and oxygen atoms in total. The molecule has 2 rings (SSSR count). The number of hydrogen-bond acceptors (Lipinski definition) is 2. The number of anilines is 1. The number of aromatic nitrogens is 2. The van der Waals surface area contributed by atoms with Crippen molar-refractivity contribution < 1.29 is 0 Å². The molecule has 0 aliphatic rings. The molecular formula is C9H10BrN3. The van der Waals surface area contributed by atoms with Gasteiger partial charge in [0.25, 0.3) is 0 Å². The van der Waals surface area contributed by atoms with Crippen molar-refractivity contribution >= 4 is 27.3 Å². The predicted molar refractivity (Wildman–Crippen MR) is 56.7 cm³/mol. The zero-order valence-electron chi connectivity index (χ0n) is 7.29. The van der Waals surface area contributed by atoms with E-state index >= 15 is 0 Å². The Hall–Kier alpha value is -1.03. The fourth-order valence-corrected chi connectivity index (χ4v) is 1.98. The van der Waals surface area contributed by atoms with Crippen molar-refractivity contribution in [2.24, 2.45) is 0 Å². The van der Waals surface area contributed by atoms with Crippen LogP contribution in [0.4, 0.5) is 5.82 Å². The van der Waals surface area contributed by atoms with Crippen molar-refractivity contribution in [1.29, 1.82) is 0 Å². The van der Waals surface area contributed by atoms with E-state index in [1.165, 1.54) is 0 Å². The highest BCUT2D eigenvalue weighted by atomic mass is 79.9. The van der Waals surface area contributed by atoms with Gasteiger partial charge in [0.05, 0.1) is 10.1 Å². The van der Waals surface area contributed by atoms with Gasteiger partial charge in [0.15, 0.2) is 0 Å². The molecule has 0 aliphatic carbocycles. The van der Waals surface area contributed by atoms with Gasteiger partial charge >= 0.3 is 0 Å². The van der Waals surface area contributed by atoms with Crippen LogP contribution in [-0.4, -0.2) is 9.38 Å². The third-order valence-corrected chi connectivity index (χ3v) is 2.65. The largest absolute Gasteiger partial charge is 0.382 e. The maximum Gasteiger partial charge on any atom is 0.149 e. The third kappa shape index (κ3) is 1.21. The van der Waals surface area contributed by atoms with E-state index in [0.29, 0.717) is 5.82 Å². The molecule has 2 aromatic heterocycles. The molecule has 0 radical (unpaired) electrons. The first-order valence-corrected chi connectivity index (χ1v) is 4.94. The lowest BCUT2D eigenvalue weighted by molar-refractivity contribution is 0.921. The van der Waals surface area contributed by atoms with E-state index in [0.717, 1.165) is 22.4 Å². The molecule has 0 unspecified atom stereocenters. The summed E-state index contributed by atoms with van der Waals surface area (Å²) in [5.74, 6) is 1.58. The van der Waals surface area contributed by atoms with E-state index in [1.54, 1.807) is 0 Å². The average Bonchev–Trinajstić information content (AvgIpc) is 2.45. The second-order valence-corrected chi connectivity index (χ2v) is 3.65. The van der Waals surface area contributed by atoms with Gasteiger partial charge in [-0.3, -0.25) is 4.40 Å². The number of aryl methyl sites for hydroxylation is 1. The van der Waals surface area contributed by atoms with Gasteiger partial charge in [-0.2, -0.15) is 0 Å². The van der Waals surface area contributed by atoms with Gasteiger partial charge in [0.2, 0.25) is 0 Å². The van der Waals surface area contributed by atoms with Crippen molar-refractivity contribution in [3.8, 4) is 0 Å². The number of nitrogen functional groups attached to an aromatic ring is 1. The second-order valence-electron chi connectivity index (χ2n) is 2.84. The topological polar surface area (TPSA) is 43.3 Å². The summed E-state index contributed by atoms with van der Waals surface area (Å²) in [5, 5.41) is 0. The Labute approximate surface area is 84.7 Å². The minimum Gasteiger partial charge on any atom is -0.382 e. The van der Waals surface area contributed by atoms with Crippen LogP contribution in [0.1, 0.15) is 12.7 Å². The molecule has 4 heteroatoms. The predicted octanol–water partition coefficient (Wildman–Crippen LogP) is 2.24. The first-order chi connectivity index (χ1) is 6.24. The number of pyridine rings is 1. The molecule has 2 aromatic rings. The molecular weight excluding hydrogens is 230 g/mol. The van der Waals surface area contributed by atoms with Crippen LogP contribution in [0.25, 0.3) is 5.52 Å². The van der Waals surface area contributed by atoms with Crippen LogP contribution in [0.3, 0.4) is 0 Å². The minimum absolute atomic E-state index is 0.596. The zero-order valence-corrected chi connectivity index (χ0v) is 8.87. The van der Waals surface area contributed by atoms with Crippen LogP contribution in [0.15, 0.2) is 22.8 Å². The number of imidazole rings is 1. The molecule has 68 valence electrons. The summed E-state index contributed by atoms with van der Waals surface area (Å²) < 4.78 is 3.01. The molecule has 0 saturated carbocycles. The molecule has 2 heterocycles. The lowest BCUT2D eigenvalue weighted by Crippen LogP contribution is -1.93. The Morgan fingerprint density at radius 2 is 2.31 bits per heavy atom. The SMILES string of the molecule is CCc1nc(N)c2cccc(Br)n12. The molecule has 13 heavy (non-hydrogen) atoms. The van der Waals surface area contributed by atoms with E-state index in [2.05, 4.69) is 27.8 Å². The normalized spacial score (nSPS) is 10.9. The summed E-state index contributed by atoms with van der Waals surface area (Å²) >= 11 is 3.47. The summed E-state index contributed by atoms with van der Waals surface area (Å²) in [6.07, 6.45) is 0.876. The van der Waals surface area contributed by atoms with Crippen molar-refractivity contribution in [2.45, 2.75) is 13.3 Å². The van der Waals surface area contributed by atoms with Crippen molar-refractivity contribution in [1.82, 2.24) is 9.38 Å². The van der Waals surface area contributed by atoms with Gasteiger partial charge in [0, 0.05) is 6.42 Å². The summed E-state index contributed by atoms with van der Waals surface area (Å²) in [5.41, 5.74) is 6.73. The summed E-state index contributed by atoms with van der Waals surface area (Å²) in [7, 11) is 0. The summed E-state index contributed by atoms with van der Waals surface area (Å²) in [6, 6.07) is 5.90. The van der Waals surface area contributed by atoms with Gasteiger partial charge < -0.3 is 5.73 Å². The molecule has 0 amide bonds. The summed E-state index contributed by atoms with van der Waals surface area (Å²) in [4.78, 5) is 4.28. The lowest BCUT2D eigenvalue weighted by atomic mass is 10.4. The van der Waals surface area contributed by atoms with Crippen LogP contribution in [0.5, 0.6) is 0 Å². The van der Waals surface area contributed by atoms with Gasteiger partial charge in [-0.25, -0.2) is 4.98 Å². The molecule has 0 fully saturated rings. The Balaban J connectivity index is 2.89. The quantitative estimate of drug-likeness (QED) is 0.777. The molecule has 0 saturated heterocycles. The highest BCUT2D eigenvalue weighted by Crippen LogP contribution is 2.21. The maximum atomic E-state index is 5.77. The highest BCUT2D eigenvalue weighted by Gasteiger charge is 2.08.